The molecule has 0 spiro atoms. The number of esters is 1. The summed E-state index contributed by atoms with van der Waals surface area (Å²) in [6, 6.07) is 0. The molecular formula is C31H53NO2. The van der Waals surface area contributed by atoms with Crippen LogP contribution in [-0.4, -0.2) is 37.6 Å². The third-order valence-electron chi connectivity index (χ3n) is 11.0. The monoisotopic (exact) mass is 471 g/mol. The average molecular weight is 472 g/mol. The summed E-state index contributed by atoms with van der Waals surface area (Å²) < 4.78 is 5.88. The van der Waals surface area contributed by atoms with Crippen LogP contribution < -0.4 is 0 Å². The van der Waals surface area contributed by atoms with Crippen LogP contribution in [0.15, 0.2) is 11.6 Å². The first kappa shape index (κ1) is 26.2. The molecule has 1 unspecified atom stereocenters. The molecule has 0 amide bonds. The van der Waals surface area contributed by atoms with Crippen LogP contribution in [0.1, 0.15) is 105 Å². The molecule has 0 N–H and O–H groups in total. The summed E-state index contributed by atoms with van der Waals surface area (Å²) in [7, 11) is 3.86. The Kier molecular flexibility index (Phi) is 7.92. The van der Waals surface area contributed by atoms with Gasteiger partial charge in [-0.25, -0.2) is 0 Å². The van der Waals surface area contributed by atoms with Gasteiger partial charge >= 0.3 is 5.97 Å². The molecule has 0 aliphatic heterocycles. The van der Waals surface area contributed by atoms with Gasteiger partial charge in [0.1, 0.15) is 6.10 Å². The van der Waals surface area contributed by atoms with Crippen LogP contribution in [0.5, 0.6) is 0 Å². The number of likely N-dealkylation sites (N-methyl/N-ethyl adjacent to an activating group) is 1. The Bertz CT molecular complexity index is 757. The highest BCUT2D eigenvalue weighted by Gasteiger charge is 2.59. The summed E-state index contributed by atoms with van der Waals surface area (Å²) in [6.45, 7) is 12.9. The third-order valence-corrected chi connectivity index (χ3v) is 11.0. The van der Waals surface area contributed by atoms with Gasteiger partial charge in [0.2, 0.25) is 0 Å². The maximum atomic E-state index is 12.3. The van der Waals surface area contributed by atoms with E-state index in [-0.39, 0.29) is 12.1 Å². The summed E-state index contributed by atoms with van der Waals surface area (Å²) in [5, 5.41) is 0. The zero-order chi connectivity index (χ0) is 24.7. The largest absolute Gasteiger partial charge is 0.461 e. The Morgan fingerprint density at radius 2 is 1.82 bits per heavy atom. The summed E-state index contributed by atoms with van der Waals surface area (Å²) in [5.74, 6) is 5.19. The van der Waals surface area contributed by atoms with Crippen molar-refractivity contribution < 1.29 is 9.53 Å². The smallest absolute Gasteiger partial charge is 0.320 e. The summed E-state index contributed by atoms with van der Waals surface area (Å²) >= 11 is 0. The predicted molar refractivity (Wildman–Crippen MR) is 141 cm³/mol. The topological polar surface area (TPSA) is 29.5 Å². The Hall–Kier alpha value is -0.830. The molecule has 0 heterocycles. The van der Waals surface area contributed by atoms with Crippen molar-refractivity contribution in [2.24, 2.45) is 46.3 Å². The molecule has 194 valence electrons. The molecule has 0 bridgehead atoms. The Labute approximate surface area is 210 Å². The number of carbonyl (C=O) groups excluding carboxylic acids is 1. The lowest BCUT2D eigenvalue weighted by Crippen LogP contribution is -2.51. The molecule has 0 saturated heterocycles. The fourth-order valence-corrected chi connectivity index (χ4v) is 9.23. The fraction of sp³-hybridized carbons (Fsp3) is 0.903. The number of allylic oxidation sites excluding steroid dienone is 1. The zero-order valence-electron chi connectivity index (χ0n) is 23.4. The summed E-state index contributed by atoms with van der Waals surface area (Å²) in [4.78, 5) is 14.2. The van der Waals surface area contributed by atoms with Gasteiger partial charge in [-0.15, -0.1) is 0 Å². The second kappa shape index (κ2) is 10.3. The van der Waals surface area contributed by atoms with Gasteiger partial charge in [0.15, 0.2) is 0 Å². The minimum absolute atomic E-state index is 0.0687. The highest BCUT2D eigenvalue weighted by Crippen LogP contribution is 2.67. The second-order valence-electron chi connectivity index (χ2n) is 13.9. The quantitative estimate of drug-likeness (QED) is 0.271. The molecule has 3 fully saturated rings. The van der Waals surface area contributed by atoms with Gasteiger partial charge in [-0.1, -0.05) is 65.5 Å². The van der Waals surface area contributed by atoms with Crippen LogP contribution >= 0.6 is 0 Å². The Balaban J connectivity index is 1.42. The van der Waals surface area contributed by atoms with E-state index < -0.39 is 0 Å². The first-order valence-corrected chi connectivity index (χ1v) is 14.6. The lowest BCUT2D eigenvalue weighted by molar-refractivity contribution is -0.152. The highest BCUT2D eigenvalue weighted by atomic mass is 16.5. The normalized spacial score (nSPS) is 40.4. The number of fused-ring (bicyclic) bond motifs is 5. The molecule has 8 atom stereocenters. The van der Waals surface area contributed by atoms with Gasteiger partial charge in [0.05, 0.1) is 6.54 Å². The number of ether oxygens (including phenoxy) is 1. The van der Waals surface area contributed by atoms with Gasteiger partial charge in [-0.05, 0) is 105 Å². The van der Waals surface area contributed by atoms with E-state index in [1.54, 1.807) is 5.57 Å². The molecule has 4 aliphatic rings. The number of carbonyl (C=O) groups is 1. The van der Waals surface area contributed by atoms with Crippen LogP contribution in [0.2, 0.25) is 0 Å². The van der Waals surface area contributed by atoms with E-state index in [1.807, 2.05) is 19.0 Å². The lowest BCUT2D eigenvalue weighted by atomic mass is 9.47. The highest BCUT2D eigenvalue weighted by molar-refractivity contribution is 5.71. The average Bonchev–Trinajstić information content (AvgIpc) is 3.10. The minimum atomic E-state index is -0.0687. The predicted octanol–water partition coefficient (Wildman–Crippen LogP) is 7.50. The molecule has 4 rings (SSSR count). The molecule has 3 heteroatoms. The minimum Gasteiger partial charge on any atom is -0.461 e. The van der Waals surface area contributed by atoms with Crippen molar-refractivity contribution in [3.63, 3.8) is 0 Å². The van der Waals surface area contributed by atoms with Gasteiger partial charge in [0, 0.05) is 6.42 Å². The summed E-state index contributed by atoms with van der Waals surface area (Å²) in [5.41, 5.74) is 2.50. The van der Waals surface area contributed by atoms with Crippen molar-refractivity contribution in [1.29, 1.82) is 0 Å². The SMILES string of the molecule is CC(C)CCC[C@@H](C)[C@H]1CC[C@H]2[C@@H]3CC=C4CC(OC(=O)CN(C)C)CC[C@]4(C)[C@H]3CC[C@]12C. The van der Waals surface area contributed by atoms with Crippen molar-refractivity contribution >= 4 is 5.97 Å². The molecule has 0 aromatic carbocycles. The number of nitrogens with zero attached hydrogens (tertiary/aromatic N) is 1. The molecule has 0 radical (unpaired) electrons. The Morgan fingerprint density at radius 1 is 1.06 bits per heavy atom. The molecule has 0 aromatic rings. The van der Waals surface area contributed by atoms with E-state index in [9.17, 15) is 4.79 Å². The fourth-order valence-electron chi connectivity index (χ4n) is 9.23. The summed E-state index contributed by atoms with van der Waals surface area (Å²) in [6.07, 6.45) is 17.1. The van der Waals surface area contributed by atoms with Crippen molar-refractivity contribution in [1.82, 2.24) is 4.90 Å². The maximum absolute atomic E-state index is 12.3. The lowest BCUT2D eigenvalue weighted by Gasteiger charge is -2.58. The second-order valence-corrected chi connectivity index (χ2v) is 13.9. The molecule has 4 aliphatic carbocycles. The van der Waals surface area contributed by atoms with E-state index in [4.69, 9.17) is 4.74 Å². The maximum Gasteiger partial charge on any atom is 0.320 e. The van der Waals surface area contributed by atoms with E-state index in [2.05, 4.69) is 40.7 Å². The van der Waals surface area contributed by atoms with Gasteiger partial charge < -0.3 is 4.74 Å². The van der Waals surface area contributed by atoms with Crippen LogP contribution in [0.25, 0.3) is 0 Å². The molecule has 3 saturated carbocycles. The van der Waals surface area contributed by atoms with Crippen molar-refractivity contribution in [2.75, 3.05) is 20.6 Å². The standard InChI is InChI=1S/C31H53NO2/c1-21(2)9-8-10-22(3)26-13-14-27-25-12-11-23-19-24(34-29(33)20-32(6)7)15-17-30(23,4)28(25)16-18-31(26,27)5/h11,21-22,24-28H,8-10,12-20H2,1-7H3/t22-,24?,25+,26-,27+,28+,30+,31-/m1/s1. The van der Waals surface area contributed by atoms with Crippen LogP contribution in [0.4, 0.5) is 0 Å². The van der Waals surface area contributed by atoms with Crippen LogP contribution in [0, 0.1) is 46.3 Å². The van der Waals surface area contributed by atoms with Crippen LogP contribution in [0.3, 0.4) is 0 Å². The first-order chi connectivity index (χ1) is 16.0. The van der Waals surface area contributed by atoms with Crippen molar-refractivity contribution in [3.05, 3.63) is 11.6 Å². The van der Waals surface area contributed by atoms with E-state index in [0.29, 0.717) is 17.4 Å². The molecule has 3 nitrogen and oxygen atoms in total. The van der Waals surface area contributed by atoms with E-state index in [1.165, 1.54) is 57.8 Å². The van der Waals surface area contributed by atoms with Crippen molar-refractivity contribution in [3.8, 4) is 0 Å². The van der Waals surface area contributed by atoms with Crippen molar-refractivity contribution in [2.45, 2.75) is 111 Å². The Morgan fingerprint density at radius 3 is 2.53 bits per heavy atom. The number of rotatable bonds is 8. The number of hydrogen-bond acceptors (Lipinski definition) is 3. The zero-order valence-corrected chi connectivity index (χ0v) is 23.4. The van der Waals surface area contributed by atoms with Gasteiger partial charge in [-0.2, -0.15) is 0 Å². The number of hydrogen-bond donors (Lipinski definition) is 0. The third kappa shape index (κ3) is 5.02. The van der Waals surface area contributed by atoms with Gasteiger partial charge in [0.25, 0.3) is 0 Å². The molecule has 0 aromatic heterocycles. The molecular weight excluding hydrogens is 418 g/mol. The first-order valence-electron chi connectivity index (χ1n) is 14.6. The van der Waals surface area contributed by atoms with Crippen LogP contribution in [-0.2, 0) is 9.53 Å². The van der Waals surface area contributed by atoms with Gasteiger partial charge in [-0.3, -0.25) is 9.69 Å². The van der Waals surface area contributed by atoms with E-state index >= 15 is 0 Å². The molecule has 34 heavy (non-hydrogen) atoms. The van der Waals surface area contributed by atoms with E-state index in [0.717, 1.165) is 48.3 Å².